The highest BCUT2D eigenvalue weighted by Gasteiger charge is 2.76. The van der Waals surface area contributed by atoms with E-state index < -0.39 is 11.8 Å². The summed E-state index contributed by atoms with van der Waals surface area (Å²) >= 11 is 0. The lowest BCUT2D eigenvalue weighted by molar-refractivity contribution is -0.171. The average molecular weight is 223 g/mol. The van der Waals surface area contributed by atoms with Crippen LogP contribution in [0.4, 0.5) is 0 Å². The van der Waals surface area contributed by atoms with Crippen LogP contribution in [-0.4, -0.2) is 40.4 Å². The number of hydrogen-bond donors (Lipinski definition) is 1. The van der Waals surface area contributed by atoms with Crippen molar-refractivity contribution in [2.75, 3.05) is 6.54 Å². The molecule has 1 N–H and O–H groups in total. The van der Waals surface area contributed by atoms with Gasteiger partial charge < -0.3 is 14.7 Å². The molecule has 7 atom stereocenters. The Morgan fingerprint density at radius 3 is 3.00 bits per heavy atom. The molecule has 4 nitrogen and oxygen atoms in total. The molecule has 2 aliphatic carbocycles. The minimum atomic E-state index is -0.432. The van der Waals surface area contributed by atoms with E-state index in [2.05, 4.69) is 0 Å². The van der Waals surface area contributed by atoms with E-state index in [1.165, 1.54) is 0 Å². The van der Waals surface area contributed by atoms with Gasteiger partial charge in [-0.1, -0.05) is 0 Å². The first kappa shape index (κ1) is 9.42. The molecular formula is C12H17NO3. The van der Waals surface area contributed by atoms with Gasteiger partial charge in [0.15, 0.2) is 0 Å². The van der Waals surface area contributed by atoms with Crippen LogP contribution in [0.15, 0.2) is 0 Å². The van der Waals surface area contributed by atoms with Crippen LogP contribution in [0, 0.1) is 23.7 Å². The summed E-state index contributed by atoms with van der Waals surface area (Å²) in [6.07, 6.45) is 0.564. The van der Waals surface area contributed by atoms with E-state index >= 15 is 0 Å². The number of rotatable bonds is 1. The van der Waals surface area contributed by atoms with Crippen LogP contribution in [0.3, 0.4) is 0 Å². The van der Waals surface area contributed by atoms with Gasteiger partial charge in [-0.25, -0.2) is 0 Å². The first-order valence-corrected chi connectivity index (χ1v) is 6.27. The Kier molecular flexibility index (Phi) is 1.45. The zero-order valence-electron chi connectivity index (χ0n) is 9.59. The lowest BCUT2D eigenvalue weighted by atomic mass is 9.77. The van der Waals surface area contributed by atoms with E-state index in [9.17, 15) is 9.90 Å². The third-order valence-corrected chi connectivity index (χ3v) is 5.45. The number of carbonyl (C=O) groups is 1. The van der Waals surface area contributed by atoms with Crippen LogP contribution in [0.1, 0.15) is 20.3 Å². The first-order chi connectivity index (χ1) is 7.59. The minimum absolute atomic E-state index is 0.0154. The van der Waals surface area contributed by atoms with E-state index in [0.29, 0.717) is 18.4 Å². The van der Waals surface area contributed by atoms with Crippen molar-refractivity contribution in [3.63, 3.8) is 0 Å². The Morgan fingerprint density at radius 2 is 2.31 bits per heavy atom. The number of hydrogen-bond acceptors (Lipinski definition) is 3. The number of carbonyl (C=O) groups excluding carboxylic acids is 1. The van der Waals surface area contributed by atoms with Crippen molar-refractivity contribution in [2.24, 2.45) is 23.7 Å². The highest BCUT2D eigenvalue weighted by Crippen LogP contribution is 2.67. The van der Waals surface area contributed by atoms with Crippen molar-refractivity contribution < 1.29 is 14.6 Å². The Bertz CT molecular complexity index is 384. The van der Waals surface area contributed by atoms with Gasteiger partial charge in [-0.15, -0.1) is 0 Å². The van der Waals surface area contributed by atoms with E-state index in [1.54, 1.807) is 0 Å². The van der Waals surface area contributed by atoms with Gasteiger partial charge in [-0.3, -0.25) is 4.79 Å². The van der Waals surface area contributed by atoms with Crippen LogP contribution in [0.2, 0.25) is 0 Å². The van der Waals surface area contributed by atoms with Crippen LogP contribution in [0.25, 0.3) is 0 Å². The van der Waals surface area contributed by atoms with Crippen molar-refractivity contribution in [1.82, 2.24) is 4.90 Å². The van der Waals surface area contributed by atoms with Crippen LogP contribution in [0.5, 0.6) is 0 Å². The molecule has 2 bridgehead atoms. The summed E-state index contributed by atoms with van der Waals surface area (Å²) in [5, 5.41) is 10.1. The smallest absolute Gasteiger partial charge is 0.228 e. The summed E-state index contributed by atoms with van der Waals surface area (Å²) in [6.45, 7) is 4.75. The monoisotopic (exact) mass is 223 g/mol. The maximum absolute atomic E-state index is 12.3. The van der Waals surface area contributed by atoms with Gasteiger partial charge in [0.2, 0.25) is 5.91 Å². The third kappa shape index (κ3) is 0.695. The van der Waals surface area contributed by atoms with Gasteiger partial charge in [0.05, 0.1) is 18.1 Å². The summed E-state index contributed by atoms with van der Waals surface area (Å²) < 4.78 is 6.06. The second-order valence-electron chi connectivity index (χ2n) is 5.83. The molecule has 0 aromatic heterocycles. The molecule has 88 valence electrons. The lowest BCUT2D eigenvalue weighted by Crippen LogP contribution is -2.48. The third-order valence-electron chi connectivity index (χ3n) is 5.45. The van der Waals surface area contributed by atoms with Gasteiger partial charge in [0.25, 0.3) is 0 Å². The molecule has 1 amide bonds. The number of ether oxygens (including phenoxy) is 1. The van der Waals surface area contributed by atoms with Crippen molar-refractivity contribution >= 4 is 5.91 Å². The molecule has 0 unspecified atom stereocenters. The molecule has 4 fully saturated rings. The highest BCUT2D eigenvalue weighted by molar-refractivity contribution is 5.84. The fourth-order valence-electron chi connectivity index (χ4n) is 5.02. The molecule has 4 heteroatoms. The predicted octanol–water partition coefficient (Wildman–Crippen LogP) is 0.207. The molecule has 4 rings (SSSR count). The van der Waals surface area contributed by atoms with Gasteiger partial charge in [-0.2, -0.15) is 0 Å². The molecule has 4 aliphatic rings. The predicted molar refractivity (Wildman–Crippen MR) is 55.2 cm³/mol. The van der Waals surface area contributed by atoms with Crippen molar-refractivity contribution in [2.45, 2.75) is 38.2 Å². The van der Waals surface area contributed by atoms with Crippen molar-refractivity contribution in [3.8, 4) is 0 Å². The first-order valence-electron chi connectivity index (χ1n) is 6.27. The fourth-order valence-corrected chi connectivity index (χ4v) is 5.02. The van der Waals surface area contributed by atoms with E-state index in [-0.39, 0.29) is 23.8 Å². The molecule has 2 heterocycles. The number of nitrogens with zero attached hydrogens (tertiary/aromatic N) is 1. The molecule has 0 aromatic rings. The Hall–Kier alpha value is -0.610. The molecule has 2 saturated heterocycles. The molecular weight excluding hydrogens is 206 g/mol. The second-order valence-corrected chi connectivity index (χ2v) is 5.83. The minimum Gasteiger partial charge on any atom is -0.390 e. The van der Waals surface area contributed by atoms with Crippen molar-refractivity contribution in [1.29, 1.82) is 0 Å². The molecule has 2 saturated carbocycles. The molecule has 16 heavy (non-hydrogen) atoms. The molecule has 2 aliphatic heterocycles. The van der Waals surface area contributed by atoms with Gasteiger partial charge in [-0.05, 0) is 32.1 Å². The summed E-state index contributed by atoms with van der Waals surface area (Å²) in [6, 6.07) is 0. The fraction of sp³-hybridized carbons (Fsp3) is 0.917. The number of amides is 1. The molecule has 0 aromatic carbocycles. The largest absolute Gasteiger partial charge is 0.390 e. The second kappa shape index (κ2) is 2.46. The van der Waals surface area contributed by atoms with Gasteiger partial charge in [0, 0.05) is 12.5 Å². The number of aliphatic hydroxyl groups excluding tert-OH is 1. The Labute approximate surface area is 94.6 Å². The zero-order chi connectivity index (χ0) is 11.2. The summed E-state index contributed by atoms with van der Waals surface area (Å²) in [4.78, 5) is 14.2. The topological polar surface area (TPSA) is 49.8 Å². The van der Waals surface area contributed by atoms with E-state index in [0.717, 1.165) is 6.42 Å². The number of fused-ring (bicyclic) bond motifs is 2. The zero-order valence-corrected chi connectivity index (χ0v) is 9.59. The Morgan fingerprint density at radius 1 is 1.56 bits per heavy atom. The van der Waals surface area contributed by atoms with E-state index in [1.807, 2.05) is 18.7 Å². The maximum atomic E-state index is 12.3. The maximum Gasteiger partial charge on any atom is 0.228 e. The van der Waals surface area contributed by atoms with Crippen molar-refractivity contribution in [3.05, 3.63) is 0 Å². The number of likely N-dealkylation sites (tertiary alicyclic amines) is 1. The standard InChI is InChI=1S/C12H17NO3/c1-3-13-11(15)7-5-4-6-8(7)12(13,2)16-10(6)9(5)14/h5-10,14H,3-4H2,1-2H3/t5-,6-,7-,8-,9-,10+,12-/m1/s1. The van der Waals surface area contributed by atoms with Crippen LogP contribution < -0.4 is 0 Å². The van der Waals surface area contributed by atoms with Crippen LogP contribution >= 0.6 is 0 Å². The SMILES string of the molecule is CCN1C(=O)[C@@H]2[C@H]3C[C@H]4[C@H](O[C@]1(C)[C@H]42)[C@@H]3O. The van der Waals surface area contributed by atoms with Gasteiger partial charge >= 0.3 is 0 Å². The number of aliphatic hydroxyl groups is 1. The molecule has 0 radical (unpaired) electrons. The quantitative estimate of drug-likeness (QED) is 0.691. The van der Waals surface area contributed by atoms with Crippen LogP contribution in [-0.2, 0) is 9.53 Å². The summed E-state index contributed by atoms with van der Waals surface area (Å²) in [5.74, 6) is 1.14. The van der Waals surface area contributed by atoms with E-state index in [4.69, 9.17) is 4.74 Å². The lowest BCUT2D eigenvalue weighted by Gasteiger charge is -2.35. The normalized spacial score (nSPS) is 61.4. The summed E-state index contributed by atoms with van der Waals surface area (Å²) in [5.41, 5.74) is -0.432. The van der Waals surface area contributed by atoms with Gasteiger partial charge in [0.1, 0.15) is 5.72 Å². The molecule has 0 spiro atoms. The average Bonchev–Trinajstić information content (AvgIpc) is 2.86. The summed E-state index contributed by atoms with van der Waals surface area (Å²) in [7, 11) is 0. The highest BCUT2D eigenvalue weighted by atomic mass is 16.6. The Balaban J connectivity index is 1.88.